The molecule has 1 fully saturated rings. The van der Waals surface area contributed by atoms with Crippen LogP contribution in [0.5, 0.6) is 0 Å². The molecule has 3 rings (SSSR count). The number of carbonyl (C=O) groups excluding carboxylic acids is 2. The highest BCUT2D eigenvalue weighted by Crippen LogP contribution is 2.20. The smallest absolute Gasteiger partial charge is 0.317 e. The number of piperazine rings is 1. The lowest BCUT2D eigenvalue weighted by Gasteiger charge is -2.34. The highest BCUT2D eigenvalue weighted by Gasteiger charge is 2.26. The van der Waals surface area contributed by atoms with Crippen LogP contribution in [0.2, 0.25) is 0 Å². The summed E-state index contributed by atoms with van der Waals surface area (Å²) in [5, 5.41) is 3.70. The van der Waals surface area contributed by atoms with E-state index in [0.717, 1.165) is 5.39 Å². The van der Waals surface area contributed by atoms with Crippen molar-refractivity contribution in [3.05, 3.63) is 36.1 Å². The minimum absolute atomic E-state index is 0.0710. The Morgan fingerprint density at radius 1 is 1.14 bits per heavy atom. The van der Waals surface area contributed by atoms with Crippen LogP contribution in [0.3, 0.4) is 0 Å². The molecule has 6 nitrogen and oxygen atoms in total. The highest BCUT2D eigenvalue weighted by atomic mass is 16.3. The van der Waals surface area contributed by atoms with Gasteiger partial charge in [-0.15, -0.1) is 0 Å². The summed E-state index contributed by atoms with van der Waals surface area (Å²) in [7, 11) is 0. The van der Waals surface area contributed by atoms with Crippen molar-refractivity contribution >= 4 is 22.9 Å². The molecule has 22 heavy (non-hydrogen) atoms. The average Bonchev–Trinajstić information content (AvgIpc) is 2.98. The zero-order chi connectivity index (χ0) is 15.5. The Balaban J connectivity index is 1.65. The second-order valence-corrected chi connectivity index (χ2v) is 5.26. The van der Waals surface area contributed by atoms with Crippen molar-refractivity contribution in [1.29, 1.82) is 0 Å². The third kappa shape index (κ3) is 2.77. The summed E-state index contributed by atoms with van der Waals surface area (Å²) in [6.07, 6.45) is 0. The summed E-state index contributed by atoms with van der Waals surface area (Å²) in [6, 6.07) is 9.26. The summed E-state index contributed by atoms with van der Waals surface area (Å²) in [6.45, 7) is 4.62. The molecule has 0 atom stereocenters. The molecule has 0 bridgehead atoms. The van der Waals surface area contributed by atoms with E-state index >= 15 is 0 Å². The lowest BCUT2D eigenvalue weighted by molar-refractivity contribution is 0.0636. The van der Waals surface area contributed by atoms with Crippen molar-refractivity contribution in [2.75, 3.05) is 32.7 Å². The molecule has 1 aliphatic heterocycles. The van der Waals surface area contributed by atoms with E-state index < -0.39 is 0 Å². The Morgan fingerprint density at radius 3 is 2.50 bits per heavy atom. The molecule has 1 aliphatic rings. The van der Waals surface area contributed by atoms with Gasteiger partial charge >= 0.3 is 6.03 Å². The Hall–Kier alpha value is -2.50. The molecule has 3 amide bonds. The minimum Gasteiger partial charge on any atom is -0.451 e. The summed E-state index contributed by atoms with van der Waals surface area (Å²) in [5.41, 5.74) is 0.715. The molecule has 0 aliphatic carbocycles. The van der Waals surface area contributed by atoms with Crippen LogP contribution in [0.15, 0.2) is 34.7 Å². The molecule has 1 aromatic carbocycles. The third-order valence-electron chi connectivity index (χ3n) is 3.82. The highest BCUT2D eigenvalue weighted by molar-refractivity contribution is 5.96. The molecule has 1 aromatic heterocycles. The largest absolute Gasteiger partial charge is 0.451 e. The molecule has 1 N–H and O–H groups in total. The van der Waals surface area contributed by atoms with Crippen LogP contribution in [0.1, 0.15) is 17.5 Å². The van der Waals surface area contributed by atoms with E-state index in [4.69, 9.17) is 4.42 Å². The second-order valence-electron chi connectivity index (χ2n) is 5.26. The van der Waals surface area contributed by atoms with Crippen LogP contribution in [0.25, 0.3) is 11.0 Å². The van der Waals surface area contributed by atoms with E-state index in [1.807, 2.05) is 31.2 Å². The second kappa shape index (κ2) is 6.09. The normalized spacial score (nSPS) is 15.1. The van der Waals surface area contributed by atoms with Crippen molar-refractivity contribution in [2.24, 2.45) is 0 Å². The summed E-state index contributed by atoms with van der Waals surface area (Å²) in [4.78, 5) is 27.7. The van der Waals surface area contributed by atoms with Crippen molar-refractivity contribution in [3.63, 3.8) is 0 Å². The molecule has 0 unspecified atom stereocenters. The average molecular weight is 301 g/mol. The van der Waals surface area contributed by atoms with Gasteiger partial charge in [0.2, 0.25) is 0 Å². The summed E-state index contributed by atoms with van der Waals surface area (Å²) < 4.78 is 5.61. The van der Waals surface area contributed by atoms with Gasteiger partial charge in [0.1, 0.15) is 5.58 Å². The fourth-order valence-electron chi connectivity index (χ4n) is 2.62. The molecule has 0 radical (unpaired) electrons. The van der Waals surface area contributed by atoms with Gasteiger partial charge < -0.3 is 19.5 Å². The van der Waals surface area contributed by atoms with Crippen LogP contribution in [-0.2, 0) is 0 Å². The standard InChI is InChI=1S/C16H19N3O3/c1-2-17-16(21)19-9-7-18(8-10-19)15(20)14-11-12-5-3-4-6-13(12)22-14/h3-6,11H,2,7-10H2,1H3,(H,17,21). The van der Waals surface area contributed by atoms with Crippen LogP contribution in [0, 0.1) is 0 Å². The maximum Gasteiger partial charge on any atom is 0.317 e. The zero-order valence-electron chi connectivity index (χ0n) is 12.5. The number of urea groups is 1. The first-order chi connectivity index (χ1) is 10.7. The van der Waals surface area contributed by atoms with E-state index in [1.165, 1.54) is 0 Å². The number of hydrogen-bond acceptors (Lipinski definition) is 3. The molecule has 116 valence electrons. The predicted molar refractivity (Wildman–Crippen MR) is 82.8 cm³/mol. The first-order valence-corrected chi connectivity index (χ1v) is 7.49. The van der Waals surface area contributed by atoms with Crippen molar-refractivity contribution in [2.45, 2.75) is 6.92 Å². The Bertz CT molecular complexity index is 654. The topological polar surface area (TPSA) is 65.8 Å². The molecule has 0 spiro atoms. The van der Waals surface area contributed by atoms with Gasteiger partial charge in [-0.25, -0.2) is 4.79 Å². The fourth-order valence-corrected chi connectivity index (χ4v) is 2.62. The van der Waals surface area contributed by atoms with Crippen molar-refractivity contribution in [3.8, 4) is 0 Å². The first kappa shape index (κ1) is 14.4. The van der Waals surface area contributed by atoms with Gasteiger partial charge in [-0.05, 0) is 19.1 Å². The Labute approximate surface area is 128 Å². The molecular weight excluding hydrogens is 282 g/mol. The van der Waals surface area contributed by atoms with Crippen LogP contribution < -0.4 is 5.32 Å². The van der Waals surface area contributed by atoms with Gasteiger partial charge in [-0.3, -0.25) is 4.79 Å². The van der Waals surface area contributed by atoms with Gasteiger partial charge in [0.25, 0.3) is 5.91 Å². The maximum atomic E-state index is 12.5. The van der Waals surface area contributed by atoms with Gasteiger partial charge in [-0.2, -0.15) is 0 Å². The third-order valence-corrected chi connectivity index (χ3v) is 3.82. The first-order valence-electron chi connectivity index (χ1n) is 7.49. The van der Waals surface area contributed by atoms with Crippen molar-refractivity contribution < 1.29 is 14.0 Å². The van der Waals surface area contributed by atoms with E-state index in [-0.39, 0.29) is 11.9 Å². The van der Waals surface area contributed by atoms with Crippen LogP contribution >= 0.6 is 0 Å². The summed E-state index contributed by atoms with van der Waals surface area (Å²) >= 11 is 0. The van der Waals surface area contributed by atoms with E-state index in [0.29, 0.717) is 44.1 Å². The van der Waals surface area contributed by atoms with Crippen LogP contribution in [0.4, 0.5) is 4.79 Å². The lowest BCUT2D eigenvalue weighted by atomic mass is 10.2. The zero-order valence-corrected chi connectivity index (χ0v) is 12.5. The minimum atomic E-state index is -0.119. The number of furan rings is 1. The number of amides is 3. The number of para-hydroxylation sites is 1. The molecule has 6 heteroatoms. The van der Waals surface area contributed by atoms with Gasteiger partial charge in [0, 0.05) is 38.1 Å². The number of carbonyl (C=O) groups is 2. The van der Waals surface area contributed by atoms with Gasteiger partial charge in [0.05, 0.1) is 0 Å². The van der Waals surface area contributed by atoms with Gasteiger partial charge in [0.15, 0.2) is 5.76 Å². The van der Waals surface area contributed by atoms with E-state index in [1.54, 1.807) is 15.9 Å². The number of nitrogens with zero attached hydrogens (tertiary/aromatic N) is 2. The number of nitrogens with one attached hydrogen (secondary N) is 1. The number of benzene rings is 1. The van der Waals surface area contributed by atoms with E-state index in [2.05, 4.69) is 5.32 Å². The Morgan fingerprint density at radius 2 is 1.82 bits per heavy atom. The van der Waals surface area contributed by atoms with E-state index in [9.17, 15) is 9.59 Å². The number of fused-ring (bicyclic) bond motifs is 1. The molecule has 1 saturated heterocycles. The quantitative estimate of drug-likeness (QED) is 0.921. The number of rotatable bonds is 2. The fraction of sp³-hybridized carbons (Fsp3) is 0.375. The molecular formula is C16H19N3O3. The molecule has 2 aromatic rings. The monoisotopic (exact) mass is 301 g/mol. The van der Waals surface area contributed by atoms with Crippen LogP contribution in [-0.4, -0.2) is 54.5 Å². The maximum absolute atomic E-state index is 12.5. The van der Waals surface area contributed by atoms with Gasteiger partial charge in [-0.1, -0.05) is 18.2 Å². The molecule has 0 saturated carbocycles. The lowest BCUT2D eigenvalue weighted by Crippen LogP contribution is -2.53. The SMILES string of the molecule is CCNC(=O)N1CCN(C(=O)c2cc3ccccc3o2)CC1. The summed E-state index contributed by atoms with van der Waals surface area (Å²) in [5.74, 6) is 0.236. The predicted octanol–water partition coefficient (Wildman–Crippen LogP) is 1.92. The Kier molecular flexibility index (Phi) is 4.00. The van der Waals surface area contributed by atoms with Crippen molar-refractivity contribution in [1.82, 2.24) is 15.1 Å². The molecule has 2 heterocycles. The number of hydrogen-bond donors (Lipinski definition) is 1.